The number of carbonyl (C=O) groups is 1. The van der Waals surface area contributed by atoms with E-state index in [1.807, 2.05) is 36.0 Å². The van der Waals surface area contributed by atoms with Crippen LogP contribution in [0.2, 0.25) is 0 Å². The lowest BCUT2D eigenvalue weighted by Gasteiger charge is -2.35. The summed E-state index contributed by atoms with van der Waals surface area (Å²) in [6, 6.07) is 5.97. The van der Waals surface area contributed by atoms with Gasteiger partial charge in [0.15, 0.2) is 11.5 Å². The Morgan fingerprint density at radius 1 is 1.22 bits per heavy atom. The van der Waals surface area contributed by atoms with Crippen molar-refractivity contribution in [3.8, 4) is 17.4 Å². The van der Waals surface area contributed by atoms with Crippen molar-refractivity contribution < 1.29 is 14.3 Å². The van der Waals surface area contributed by atoms with E-state index in [0.29, 0.717) is 6.42 Å². The zero-order valence-corrected chi connectivity index (χ0v) is 22.3. The van der Waals surface area contributed by atoms with Gasteiger partial charge in [-0.05, 0) is 50.4 Å². The molecule has 1 aliphatic rings. The van der Waals surface area contributed by atoms with Crippen LogP contribution in [0.15, 0.2) is 36.9 Å². The van der Waals surface area contributed by atoms with Gasteiger partial charge in [-0.3, -0.25) is 14.3 Å². The Kier molecular flexibility index (Phi) is 8.83. The molecule has 37 heavy (non-hydrogen) atoms. The third-order valence-electron chi connectivity index (χ3n) is 7.40. The maximum absolute atomic E-state index is 12.3. The summed E-state index contributed by atoms with van der Waals surface area (Å²) < 4.78 is 14.8. The fraction of sp³-hybridized carbons (Fsp3) is 0.519. The number of benzene rings is 1. The molecule has 0 bridgehead atoms. The Balaban J connectivity index is 1.51. The maximum atomic E-state index is 12.3. The van der Waals surface area contributed by atoms with Crippen molar-refractivity contribution in [2.24, 2.45) is 18.7 Å². The molecule has 2 atom stereocenters. The van der Waals surface area contributed by atoms with Crippen LogP contribution in [0.3, 0.4) is 0 Å². The average Bonchev–Trinajstić information content (AvgIpc) is 3.51. The largest absolute Gasteiger partial charge is 0.493 e. The molecular weight excluding hydrogens is 470 g/mol. The number of imidazole rings is 2. The van der Waals surface area contributed by atoms with Crippen LogP contribution in [0.1, 0.15) is 48.7 Å². The number of aromatic nitrogens is 4. The van der Waals surface area contributed by atoms with Crippen LogP contribution in [0.5, 0.6) is 11.5 Å². The van der Waals surface area contributed by atoms with Crippen molar-refractivity contribution in [2.45, 2.75) is 45.2 Å². The van der Waals surface area contributed by atoms with Crippen molar-refractivity contribution in [1.82, 2.24) is 29.3 Å². The number of ether oxygens (including phenoxy) is 2. The maximum Gasteiger partial charge on any atom is 0.220 e. The summed E-state index contributed by atoms with van der Waals surface area (Å²) in [6.07, 6.45) is 8.92. The molecule has 0 spiro atoms. The van der Waals surface area contributed by atoms with Gasteiger partial charge in [0.25, 0.3) is 0 Å². The zero-order chi connectivity index (χ0) is 26.4. The molecule has 200 valence electrons. The van der Waals surface area contributed by atoms with Crippen molar-refractivity contribution in [1.29, 1.82) is 0 Å². The molecule has 10 heteroatoms. The van der Waals surface area contributed by atoms with Gasteiger partial charge in [0.1, 0.15) is 6.33 Å². The minimum absolute atomic E-state index is 0.00384. The Bertz CT molecular complexity index is 1180. The third kappa shape index (κ3) is 6.14. The minimum atomic E-state index is -0.221. The van der Waals surface area contributed by atoms with Gasteiger partial charge in [0.2, 0.25) is 11.9 Å². The smallest absolute Gasteiger partial charge is 0.220 e. The number of hydrogen-bond donors (Lipinski definition) is 2. The van der Waals surface area contributed by atoms with Crippen LogP contribution >= 0.6 is 0 Å². The Morgan fingerprint density at radius 2 is 2.03 bits per heavy atom. The highest BCUT2D eigenvalue weighted by Crippen LogP contribution is 2.34. The number of carbonyl (C=O) groups excluding carboxylic acids is 1. The molecule has 3 N–H and O–H groups in total. The topological polar surface area (TPSA) is 112 Å². The van der Waals surface area contributed by atoms with Crippen LogP contribution in [0.25, 0.3) is 5.95 Å². The number of primary amides is 1. The number of nitrogens with two attached hydrogens (primary N) is 1. The average molecular weight is 510 g/mol. The van der Waals surface area contributed by atoms with E-state index >= 15 is 0 Å². The Morgan fingerprint density at radius 3 is 2.73 bits per heavy atom. The van der Waals surface area contributed by atoms with Gasteiger partial charge >= 0.3 is 0 Å². The molecule has 1 fully saturated rings. The van der Waals surface area contributed by atoms with Crippen molar-refractivity contribution in [2.75, 3.05) is 33.9 Å². The second-order valence-corrected chi connectivity index (χ2v) is 9.66. The fourth-order valence-electron chi connectivity index (χ4n) is 5.16. The predicted molar refractivity (Wildman–Crippen MR) is 142 cm³/mol. The molecule has 3 heterocycles. The van der Waals surface area contributed by atoms with Crippen LogP contribution in [0, 0.1) is 12.8 Å². The number of hydrogen-bond acceptors (Lipinski definition) is 7. The normalized spacial score (nSPS) is 18.8. The molecule has 10 nitrogen and oxygen atoms in total. The molecule has 1 aromatic carbocycles. The van der Waals surface area contributed by atoms with E-state index in [-0.39, 0.29) is 17.9 Å². The summed E-state index contributed by atoms with van der Waals surface area (Å²) >= 11 is 0. The number of methoxy groups -OCH3 is 2. The number of nitrogens with one attached hydrogen (secondary N) is 1. The van der Waals surface area contributed by atoms with E-state index in [9.17, 15) is 4.79 Å². The molecule has 1 amide bonds. The van der Waals surface area contributed by atoms with Crippen LogP contribution in [-0.4, -0.2) is 63.8 Å². The second kappa shape index (κ2) is 12.2. The number of rotatable bonds is 10. The molecule has 2 aromatic heterocycles. The van der Waals surface area contributed by atoms with E-state index in [1.54, 1.807) is 26.7 Å². The minimum Gasteiger partial charge on any atom is -0.493 e. The summed E-state index contributed by atoms with van der Waals surface area (Å²) in [7, 11) is 5.30. The molecule has 0 radical (unpaired) electrons. The van der Waals surface area contributed by atoms with E-state index in [0.717, 1.165) is 79.8 Å². The first-order valence-corrected chi connectivity index (χ1v) is 12.9. The number of likely N-dealkylation sites (tertiary alicyclic amines) is 1. The first-order chi connectivity index (χ1) is 17.9. The lowest BCUT2D eigenvalue weighted by Crippen LogP contribution is -2.40. The molecule has 2 unspecified atom stereocenters. The number of amides is 1. The molecular formula is C27H39N7O3. The molecule has 1 saturated heterocycles. The monoisotopic (exact) mass is 509 g/mol. The predicted octanol–water partition coefficient (Wildman–Crippen LogP) is 2.74. The highest BCUT2D eigenvalue weighted by Gasteiger charge is 2.32. The van der Waals surface area contributed by atoms with Crippen LogP contribution < -0.4 is 20.5 Å². The Hall–Kier alpha value is -3.37. The first-order valence-electron chi connectivity index (χ1n) is 12.9. The summed E-state index contributed by atoms with van der Waals surface area (Å²) in [5.41, 5.74) is 9.04. The van der Waals surface area contributed by atoms with Gasteiger partial charge in [-0.25, -0.2) is 9.97 Å². The highest BCUT2D eigenvalue weighted by atomic mass is 16.5. The van der Waals surface area contributed by atoms with E-state index in [4.69, 9.17) is 20.2 Å². The van der Waals surface area contributed by atoms with E-state index < -0.39 is 0 Å². The second-order valence-electron chi connectivity index (χ2n) is 9.66. The molecule has 4 rings (SSSR count). The van der Waals surface area contributed by atoms with E-state index in [2.05, 4.69) is 26.7 Å². The van der Waals surface area contributed by atoms with Gasteiger partial charge in [-0.1, -0.05) is 12.5 Å². The third-order valence-corrected chi connectivity index (χ3v) is 7.40. The van der Waals surface area contributed by atoms with Gasteiger partial charge < -0.3 is 25.1 Å². The van der Waals surface area contributed by atoms with Crippen molar-refractivity contribution in [3.05, 3.63) is 53.9 Å². The van der Waals surface area contributed by atoms with Gasteiger partial charge in [0, 0.05) is 50.7 Å². The van der Waals surface area contributed by atoms with Crippen LogP contribution in [0.4, 0.5) is 0 Å². The summed E-state index contributed by atoms with van der Waals surface area (Å²) in [5.74, 6) is 1.88. The molecule has 3 aromatic rings. The quantitative estimate of drug-likeness (QED) is 0.404. The highest BCUT2D eigenvalue weighted by molar-refractivity contribution is 5.76. The summed E-state index contributed by atoms with van der Waals surface area (Å²) in [5, 5.41) is 3.57. The van der Waals surface area contributed by atoms with Gasteiger partial charge in [-0.2, -0.15) is 0 Å². The standard InChI is InChI=1S/C27H39N7O3/c1-19-25(31-27(32(19)2)34-14-11-30-18-34)22-16-21(26(28)35)7-5-6-12-33(22)13-10-29-17-20-8-9-23(36-3)24(15-20)37-4/h8-9,11,14-15,18,21-22,29H,5-7,10,12-13,16-17H2,1-4H3,(H2,28,35). The molecule has 0 aliphatic carbocycles. The molecule has 0 saturated carbocycles. The fourth-order valence-corrected chi connectivity index (χ4v) is 5.16. The van der Waals surface area contributed by atoms with Gasteiger partial charge in [-0.15, -0.1) is 0 Å². The van der Waals surface area contributed by atoms with E-state index in [1.165, 1.54) is 0 Å². The summed E-state index contributed by atoms with van der Waals surface area (Å²) in [6.45, 7) is 5.39. The Labute approximate surface area is 218 Å². The molecule has 1 aliphatic heterocycles. The van der Waals surface area contributed by atoms with Crippen molar-refractivity contribution in [3.63, 3.8) is 0 Å². The van der Waals surface area contributed by atoms with Gasteiger partial charge in [0.05, 0.1) is 26.0 Å². The lowest BCUT2D eigenvalue weighted by molar-refractivity contribution is -0.123. The first kappa shape index (κ1) is 26.7. The summed E-state index contributed by atoms with van der Waals surface area (Å²) in [4.78, 5) is 24.0. The van der Waals surface area contributed by atoms with Crippen molar-refractivity contribution >= 4 is 5.91 Å². The zero-order valence-electron chi connectivity index (χ0n) is 22.3. The SMILES string of the molecule is COc1ccc(CNCCN2CCCCC(C(N)=O)CC2c2nc(-n3ccnc3)n(C)c2C)cc1OC. The van der Waals surface area contributed by atoms with Crippen LogP contribution in [-0.2, 0) is 18.4 Å². The number of nitrogens with zero attached hydrogens (tertiary/aromatic N) is 5. The lowest BCUT2D eigenvalue weighted by atomic mass is 9.89.